The van der Waals surface area contributed by atoms with Gasteiger partial charge in [0.05, 0.1) is 17.3 Å². The van der Waals surface area contributed by atoms with Crippen molar-refractivity contribution < 1.29 is 8.78 Å². The zero-order chi connectivity index (χ0) is 18.1. The maximum atomic E-state index is 13.8. The summed E-state index contributed by atoms with van der Waals surface area (Å²) < 4.78 is 27.1. The topological polar surface area (TPSA) is 29.0 Å². The van der Waals surface area contributed by atoms with Crippen LogP contribution in [0.25, 0.3) is 0 Å². The minimum atomic E-state index is -0.844. The lowest BCUT2D eigenvalue weighted by molar-refractivity contribution is 0.161. The summed E-state index contributed by atoms with van der Waals surface area (Å²) in [6.45, 7) is 4.44. The number of hydrogen-bond donors (Lipinski definition) is 0. The van der Waals surface area contributed by atoms with Gasteiger partial charge in [0, 0.05) is 13.1 Å². The van der Waals surface area contributed by atoms with Crippen molar-refractivity contribution in [2.24, 2.45) is 11.3 Å². The van der Waals surface area contributed by atoms with E-state index in [1.807, 2.05) is 0 Å². The number of halogens is 2. The maximum Gasteiger partial charge on any atom is 0.172 e. The molecular weight excluding hydrogens is 352 g/mol. The van der Waals surface area contributed by atoms with Gasteiger partial charge in [0.15, 0.2) is 11.6 Å². The number of benzene rings is 1. The molecule has 0 bridgehead atoms. The van der Waals surface area contributed by atoms with E-state index in [4.69, 9.17) is 0 Å². The molecule has 26 heavy (non-hydrogen) atoms. The van der Waals surface area contributed by atoms with Gasteiger partial charge in [0.1, 0.15) is 10.8 Å². The normalized spacial score (nSPS) is 22.1. The highest BCUT2D eigenvalue weighted by Gasteiger charge is 2.42. The van der Waals surface area contributed by atoms with Gasteiger partial charge < -0.3 is 4.90 Å². The van der Waals surface area contributed by atoms with Gasteiger partial charge in [-0.2, -0.15) is 0 Å². The molecule has 1 saturated heterocycles. The minimum Gasteiger partial charge on any atom is -0.355 e. The molecule has 4 rings (SSSR count). The third-order valence-electron chi connectivity index (χ3n) is 6.19. The van der Waals surface area contributed by atoms with E-state index in [1.165, 1.54) is 38.2 Å². The van der Waals surface area contributed by atoms with Crippen molar-refractivity contribution in [3.8, 4) is 0 Å². The molecule has 2 fully saturated rings. The van der Waals surface area contributed by atoms with Crippen molar-refractivity contribution in [3.05, 3.63) is 42.2 Å². The molecule has 0 N–H and O–H groups in total. The number of hydrogen-bond acceptors (Lipinski definition) is 4. The fourth-order valence-electron chi connectivity index (χ4n) is 4.44. The summed E-state index contributed by atoms with van der Waals surface area (Å²) in [6.07, 6.45) is 9.93. The average molecular weight is 375 g/mol. The quantitative estimate of drug-likeness (QED) is 0.727. The van der Waals surface area contributed by atoms with Gasteiger partial charge in [-0.05, 0) is 42.7 Å². The summed E-state index contributed by atoms with van der Waals surface area (Å²) >= 11 is 1.09. The molecule has 1 aliphatic heterocycles. The third-order valence-corrected chi connectivity index (χ3v) is 7.14. The molecule has 2 heterocycles. The van der Waals surface area contributed by atoms with Crippen LogP contribution < -0.4 is 4.90 Å². The fourth-order valence-corrected chi connectivity index (χ4v) is 5.21. The van der Waals surface area contributed by atoms with Crippen molar-refractivity contribution in [2.45, 2.75) is 48.9 Å². The van der Waals surface area contributed by atoms with Crippen LogP contribution >= 0.6 is 11.8 Å². The van der Waals surface area contributed by atoms with Crippen molar-refractivity contribution >= 4 is 17.6 Å². The summed E-state index contributed by atoms with van der Waals surface area (Å²) in [7, 11) is 0. The zero-order valence-corrected chi connectivity index (χ0v) is 15.7. The predicted molar refractivity (Wildman–Crippen MR) is 99.4 cm³/mol. The van der Waals surface area contributed by atoms with Crippen LogP contribution in [0.15, 0.2) is 40.5 Å². The lowest BCUT2D eigenvalue weighted by Gasteiger charge is -2.42. The van der Waals surface area contributed by atoms with Crippen LogP contribution in [0.1, 0.15) is 39.0 Å². The molecular formula is C20H23F2N3S. The molecule has 0 amide bonds. The number of anilines is 1. The SMILES string of the molecule is C[C@@H]1CCCC12CCN(c1cnc(Sc3cccc(F)c3F)cn1)CC2. The molecule has 0 unspecified atom stereocenters. The first-order valence-electron chi connectivity index (χ1n) is 9.26. The Morgan fingerprint density at radius 3 is 2.58 bits per heavy atom. The van der Waals surface area contributed by atoms with Gasteiger partial charge in [0.2, 0.25) is 0 Å². The van der Waals surface area contributed by atoms with Crippen LogP contribution in [0.3, 0.4) is 0 Å². The Morgan fingerprint density at radius 2 is 1.92 bits per heavy atom. The first-order chi connectivity index (χ1) is 12.6. The summed E-state index contributed by atoms with van der Waals surface area (Å²) in [5.74, 6) is 0.0172. The van der Waals surface area contributed by atoms with Gasteiger partial charge in [-0.1, -0.05) is 37.6 Å². The monoisotopic (exact) mass is 375 g/mol. The highest BCUT2D eigenvalue weighted by atomic mass is 32.2. The number of piperidine rings is 1. The molecule has 1 atom stereocenters. The Morgan fingerprint density at radius 1 is 1.12 bits per heavy atom. The summed E-state index contributed by atoms with van der Waals surface area (Å²) in [6, 6.07) is 4.16. The van der Waals surface area contributed by atoms with E-state index < -0.39 is 11.6 Å². The van der Waals surface area contributed by atoms with Crippen molar-refractivity contribution in [1.29, 1.82) is 0 Å². The lowest BCUT2D eigenvalue weighted by Crippen LogP contribution is -2.41. The van der Waals surface area contributed by atoms with Crippen molar-refractivity contribution in [1.82, 2.24) is 9.97 Å². The summed E-state index contributed by atoms with van der Waals surface area (Å²) in [5, 5.41) is 0.566. The molecule has 1 aliphatic carbocycles. The molecule has 138 valence electrons. The van der Waals surface area contributed by atoms with Gasteiger partial charge in [-0.15, -0.1) is 0 Å². The smallest absolute Gasteiger partial charge is 0.172 e. The van der Waals surface area contributed by atoms with Crippen LogP contribution in [-0.2, 0) is 0 Å². The Kier molecular flexibility index (Phi) is 4.86. The molecule has 1 aromatic heterocycles. The first-order valence-corrected chi connectivity index (χ1v) is 10.1. The summed E-state index contributed by atoms with van der Waals surface area (Å²) in [4.78, 5) is 11.4. The van der Waals surface area contributed by atoms with Gasteiger partial charge >= 0.3 is 0 Å². The van der Waals surface area contributed by atoms with E-state index in [1.54, 1.807) is 18.5 Å². The van der Waals surface area contributed by atoms with E-state index in [0.717, 1.165) is 42.7 Å². The van der Waals surface area contributed by atoms with Crippen LogP contribution in [0.2, 0.25) is 0 Å². The van der Waals surface area contributed by atoms with E-state index in [9.17, 15) is 8.78 Å². The first kappa shape index (κ1) is 17.7. The Hall–Kier alpha value is -1.69. The van der Waals surface area contributed by atoms with Crippen molar-refractivity contribution in [3.63, 3.8) is 0 Å². The molecule has 1 spiro atoms. The molecule has 3 nitrogen and oxygen atoms in total. The van der Waals surface area contributed by atoms with Crippen LogP contribution in [0, 0.1) is 23.0 Å². The highest BCUT2D eigenvalue weighted by Crippen LogP contribution is 2.50. The standard InChI is InChI=1S/C20H23F2N3S/c1-14-4-3-7-20(14)8-10-25(11-9-20)17-12-24-18(13-23-17)26-16-6-2-5-15(21)19(16)22/h2,5-6,12-14H,3-4,7-11H2,1H3/t14-/m1/s1. The molecule has 2 aromatic rings. The van der Waals surface area contributed by atoms with E-state index in [-0.39, 0.29) is 4.90 Å². The second-order valence-corrected chi connectivity index (χ2v) is 8.57. The van der Waals surface area contributed by atoms with E-state index in [0.29, 0.717) is 10.4 Å². The van der Waals surface area contributed by atoms with Gasteiger partial charge in [0.25, 0.3) is 0 Å². The average Bonchev–Trinajstić information content (AvgIpc) is 3.00. The Labute approximate surface area is 157 Å². The largest absolute Gasteiger partial charge is 0.355 e. The highest BCUT2D eigenvalue weighted by molar-refractivity contribution is 7.99. The van der Waals surface area contributed by atoms with Crippen molar-refractivity contribution in [2.75, 3.05) is 18.0 Å². The van der Waals surface area contributed by atoms with E-state index in [2.05, 4.69) is 21.8 Å². The molecule has 2 aliphatic rings. The van der Waals surface area contributed by atoms with Crippen LogP contribution in [0.5, 0.6) is 0 Å². The molecule has 0 radical (unpaired) electrons. The lowest BCUT2D eigenvalue weighted by atomic mass is 9.71. The zero-order valence-electron chi connectivity index (χ0n) is 14.9. The Balaban J connectivity index is 1.41. The van der Waals surface area contributed by atoms with Gasteiger partial charge in [-0.3, -0.25) is 0 Å². The fraction of sp³-hybridized carbons (Fsp3) is 0.500. The predicted octanol–water partition coefficient (Wildman–Crippen LogP) is 5.31. The second-order valence-electron chi connectivity index (χ2n) is 7.51. The third kappa shape index (κ3) is 3.31. The number of nitrogens with zero attached hydrogens (tertiary/aromatic N) is 3. The molecule has 1 aromatic carbocycles. The summed E-state index contributed by atoms with van der Waals surface area (Å²) in [5.41, 5.74) is 0.536. The second kappa shape index (κ2) is 7.14. The van der Waals surface area contributed by atoms with E-state index >= 15 is 0 Å². The number of aromatic nitrogens is 2. The van der Waals surface area contributed by atoms with Crippen LogP contribution in [0.4, 0.5) is 14.6 Å². The minimum absolute atomic E-state index is 0.224. The van der Waals surface area contributed by atoms with Crippen LogP contribution in [-0.4, -0.2) is 23.1 Å². The molecule has 1 saturated carbocycles. The molecule has 6 heteroatoms. The number of rotatable bonds is 3. The van der Waals surface area contributed by atoms with Gasteiger partial charge in [-0.25, -0.2) is 18.7 Å². The Bertz CT molecular complexity index is 773. The maximum absolute atomic E-state index is 13.8.